The van der Waals surface area contributed by atoms with Gasteiger partial charge in [-0.05, 0) is 54.1 Å². The minimum Gasteiger partial charge on any atom is -0.309 e. The van der Waals surface area contributed by atoms with Gasteiger partial charge in [0.05, 0.1) is 27.8 Å². The lowest BCUT2D eigenvalue weighted by Crippen LogP contribution is -1.98. The van der Waals surface area contributed by atoms with Crippen LogP contribution in [0.4, 0.5) is 0 Å². The fraction of sp³-hybridized carbons (Fsp3) is 0. The van der Waals surface area contributed by atoms with Crippen molar-refractivity contribution in [3.63, 3.8) is 0 Å². The SMILES string of the molecule is c1cc(-c2ccccc2-n2c3ccccc3c3c4sc5ccccc5c4ccc32)cc(-n2c3ccccc3c3ccccc32)c1. The van der Waals surface area contributed by atoms with Gasteiger partial charge < -0.3 is 9.13 Å². The van der Waals surface area contributed by atoms with E-state index in [0.717, 1.165) is 5.69 Å². The molecule has 210 valence electrons. The molecule has 0 bridgehead atoms. The van der Waals surface area contributed by atoms with E-state index in [9.17, 15) is 0 Å². The first-order chi connectivity index (χ1) is 22.3. The molecule has 0 amide bonds. The number of para-hydroxylation sites is 4. The van der Waals surface area contributed by atoms with Crippen LogP contribution in [0.5, 0.6) is 0 Å². The smallest absolute Gasteiger partial charge is 0.0556 e. The Labute approximate surface area is 263 Å². The van der Waals surface area contributed by atoms with E-state index in [1.165, 1.54) is 80.6 Å². The van der Waals surface area contributed by atoms with Gasteiger partial charge >= 0.3 is 0 Å². The summed E-state index contributed by atoms with van der Waals surface area (Å²) in [5.74, 6) is 0. The molecule has 7 aromatic carbocycles. The summed E-state index contributed by atoms with van der Waals surface area (Å²) in [5.41, 5.74) is 9.65. The molecule has 3 heteroatoms. The maximum atomic E-state index is 2.47. The normalized spacial score (nSPS) is 12.0. The summed E-state index contributed by atoms with van der Waals surface area (Å²) in [5, 5.41) is 7.83. The predicted octanol–water partition coefficient (Wildman–Crippen LogP) is 11.9. The van der Waals surface area contributed by atoms with Gasteiger partial charge in [0.1, 0.15) is 0 Å². The summed E-state index contributed by atoms with van der Waals surface area (Å²) in [6.45, 7) is 0. The summed E-state index contributed by atoms with van der Waals surface area (Å²) in [4.78, 5) is 0. The molecule has 0 aliphatic heterocycles. The zero-order chi connectivity index (χ0) is 29.5. The van der Waals surface area contributed by atoms with Crippen molar-refractivity contribution in [1.82, 2.24) is 9.13 Å². The molecular weight excluding hydrogens is 565 g/mol. The number of benzene rings is 7. The highest BCUT2D eigenvalue weighted by Gasteiger charge is 2.19. The molecule has 0 saturated carbocycles. The Kier molecular flexibility index (Phi) is 5.19. The van der Waals surface area contributed by atoms with Gasteiger partial charge in [0.25, 0.3) is 0 Å². The Morgan fingerprint density at radius 2 is 1.02 bits per heavy atom. The second kappa shape index (κ2) is 9.43. The maximum absolute atomic E-state index is 2.47. The maximum Gasteiger partial charge on any atom is 0.0556 e. The van der Waals surface area contributed by atoms with Crippen LogP contribution in [-0.4, -0.2) is 9.13 Å². The fourth-order valence-corrected chi connectivity index (χ4v) is 8.68. The van der Waals surface area contributed by atoms with E-state index in [1.54, 1.807) is 0 Å². The quantitative estimate of drug-likeness (QED) is 0.194. The second-order valence-corrected chi connectivity index (χ2v) is 12.8. The highest BCUT2D eigenvalue weighted by Crippen LogP contribution is 2.44. The topological polar surface area (TPSA) is 9.86 Å². The number of rotatable bonds is 3. The molecular formula is C42H26N2S. The van der Waals surface area contributed by atoms with Crippen LogP contribution in [0.1, 0.15) is 0 Å². The molecule has 2 nitrogen and oxygen atoms in total. The molecule has 45 heavy (non-hydrogen) atoms. The molecule has 0 saturated heterocycles. The van der Waals surface area contributed by atoms with Crippen molar-refractivity contribution in [3.8, 4) is 22.5 Å². The molecule has 0 aliphatic rings. The molecule has 0 radical (unpaired) electrons. The van der Waals surface area contributed by atoms with Gasteiger partial charge in [-0.2, -0.15) is 0 Å². The monoisotopic (exact) mass is 590 g/mol. The zero-order valence-corrected chi connectivity index (χ0v) is 25.1. The van der Waals surface area contributed by atoms with Gasteiger partial charge in [0.2, 0.25) is 0 Å². The van der Waals surface area contributed by atoms with Crippen molar-refractivity contribution < 1.29 is 0 Å². The average Bonchev–Trinajstić information content (AvgIpc) is 3.76. The van der Waals surface area contributed by atoms with E-state index in [4.69, 9.17) is 0 Å². The standard InChI is InChI=1S/C42H26N2S/c1-6-19-35(44-38-22-9-4-18-34(38)41-39(44)25-24-33-32-17-5-10-23-40(32)45-42(33)41)29(14-1)27-12-11-13-28(26-27)43-36-20-7-2-15-30(36)31-16-3-8-21-37(31)43/h1-26H. The molecule has 10 rings (SSSR count). The number of nitrogens with zero attached hydrogens (tertiary/aromatic N) is 2. The molecule has 3 aromatic heterocycles. The van der Waals surface area contributed by atoms with Gasteiger partial charge in [-0.25, -0.2) is 0 Å². The third-order valence-corrected chi connectivity index (χ3v) is 10.5. The van der Waals surface area contributed by atoms with Crippen molar-refractivity contribution >= 4 is 75.1 Å². The predicted molar refractivity (Wildman–Crippen MR) is 193 cm³/mol. The van der Waals surface area contributed by atoms with Crippen LogP contribution in [0.2, 0.25) is 0 Å². The summed E-state index contributed by atoms with van der Waals surface area (Å²) < 4.78 is 7.56. The Bertz CT molecular complexity index is 2720. The lowest BCUT2D eigenvalue weighted by molar-refractivity contribution is 1.17. The largest absolute Gasteiger partial charge is 0.309 e. The molecule has 3 heterocycles. The van der Waals surface area contributed by atoms with Crippen LogP contribution < -0.4 is 0 Å². The minimum atomic E-state index is 1.16. The van der Waals surface area contributed by atoms with Gasteiger partial charge in [-0.15, -0.1) is 11.3 Å². The van der Waals surface area contributed by atoms with Crippen LogP contribution in [0.15, 0.2) is 158 Å². The molecule has 10 aromatic rings. The lowest BCUT2D eigenvalue weighted by atomic mass is 10.0. The Morgan fingerprint density at radius 3 is 1.80 bits per heavy atom. The van der Waals surface area contributed by atoms with Crippen LogP contribution in [0.3, 0.4) is 0 Å². The van der Waals surface area contributed by atoms with E-state index >= 15 is 0 Å². The van der Waals surface area contributed by atoms with Crippen molar-refractivity contribution in [3.05, 3.63) is 158 Å². The summed E-state index contributed by atoms with van der Waals surface area (Å²) in [7, 11) is 0. The van der Waals surface area contributed by atoms with Gasteiger partial charge in [-0.1, -0.05) is 109 Å². The Morgan fingerprint density at radius 1 is 0.400 bits per heavy atom. The average molecular weight is 591 g/mol. The lowest BCUT2D eigenvalue weighted by Gasteiger charge is -2.15. The van der Waals surface area contributed by atoms with E-state index < -0.39 is 0 Å². The van der Waals surface area contributed by atoms with Crippen LogP contribution in [0, 0.1) is 0 Å². The third kappa shape index (κ3) is 3.50. The van der Waals surface area contributed by atoms with Crippen molar-refractivity contribution in [2.75, 3.05) is 0 Å². The summed E-state index contributed by atoms with van der Waals surface area (Å²) in [6.07, 6.45) is 0. The number of hydrogen-bond donors (Lipinski definition) is 0. The molecule has 0 fully saturated rings. The van der Waals surface area contributed by atoms with Gasteiger partial charge in [-0.3, -0.25) is 0 Å². The number of hydrogen-bond acceptors (Lipinski definition) is 1. The van der Waals surface area contributed by atoms with Gasteiger partial charge in [0.15, 0.2) is 0 Å². The second-order valence-electron chi connectivity index (χ2n) is 11.7. The fourth-order valence-electron chi connectivity index (χ4n) is 7.42. The Balaban J connectivity index is 1.24. The third-order valence-electron chi connectivity index (χ3n) is 9.32. The molecule has 0 atom stereocenters. The van der Waals surface area contributed by atoms with Crippen molar-refractivity contribution in [2.24, 2.45) is 0 Å². The summed E-state index contributed by atoms with van der Waals surface area (Å²) in [6, 6.07) is 57.6. The van der Waals surface area contributed by atoms with Crippen molar-refractivity contribution in [1.29, 1.82) is 0 Å². The number of fused-ring (bicyclic) bond motifs is 10. The highest BCUT2D eigenvalue weighted by molar-refractivity contribution is 7.26. The number of thiophene rings is 1. The molecule has 0 N–H and O–H groups in total. The number of aromatic nitrogens is 2. The van der Waals surface area contributed by atoms with Gasteiger partial charge in [0, 0.05) is 53.0 Å². The van der Waals surface area contributed by atoms with Crippen LogP contribution in [0.25, 0.3) is 86.3 Å². The van der Waals surface area contributed by atoms with Crippen LogP contribution >= 0.6 is 11.3 Å². The summed E-state index contributed by atoms with van der Waals surface area (Å²) >= 11 is 1.90. The highest BCUT2D eigenvalue weighted by atomic mass is 32.1. The first-order valence-corrected chi connectivity index (χ1v) is 16.2. The molecule has 0 aliphatic carbocycles. The van der Waals surface area contributed by atoms with E-state index in [0.29, 0.717) is 0 Å². The Hall–Kier alpha value is -5.64. The first-order valence-electron chi connectivity index (χ1n) is 15.4. The van der Waals surface area contributed by atoms with E-state index in [2.05, 4.69) is 167 Å². The van der Waals surface area contributed by atoms with E-state index in [-0.39, 0.29) is 0 Å². The zero-order valence-electron chi connectivity index (χ0n) is 24.3. The molecule has 0 spiro atoms. The molecule has 0 unspecified atom stereocenters. The van der Waals surface area contributed by atoms with Crippen molar-refractivity contribution in [2.45, 2.75) is 0 Å². The first kappa shape index (κ1) is 24.8. The minimum absolute atomic E-state index is 1.16. The van der Waals surface area contributed by atoms with E-state index in [1.807, 2.05) is 11.3 Å². The van der Waals surface area contributed by atoms with Crippen LogP contribution in [-0.2, 0) is 0 Å².